The molecule has 0 aliphatic carbocycles. The van der Waals surface area contributed by atoms with E-state index in [2.05, 4.69) is 64.5 Å². The van der Waals surface area contributed by atoms with Gasteiger partial charge in [-0.2, -0.15) is 0 Å². The Morgan fingerprint density at radius 1 is 1.14 bits per heavy atom. The number of methoxy groups -OCH3 is 2. The van der Waals surface area contributed by atoms with E-state index < -0.39 is 0 Å². The fraction of sp³-hybridized carbons (Fsp3) is 0.409. The van der Waals surface area contributed by atoms with Gasteiger partial charge in [0, 0.05) is 25.8 Å². The summed E-state index contributed by atoms with van der Waals surface area (Å²) in [5.74, 6) is 2.38. The summed E-state index contributed by atoms with van der Waals surface area (Å²) >= 11 is 0. The molecule has 6 nitrogen and oxygen atoms in total. The summed E-state index contributed by atoms with van der Waals surface area (Å²) in [6.07, 6.45) is 1.05. The maximum absolute atomic E-state index is 5.48. The van der Waals surface area contributed by atoms with Gasteiger partial charge in [0.25, 0.3) is 0 Å². The Morgan fingerprint density at radius 3 is 2.57 bits per heavy atom. The van der Waals surface area contributed by atoms with Crippen molar-refractivity contribution >= 4 is 11.6 Å². The summed E-state index contributed by atoms with van der Waals surface area (Å²) in [5.41, 5.74) is 3.77. The Balaban J connectivity index is 1.76. The van der Waals surface area contributed by atoms with Crippen LogP contribution < -0.4 is 19.7 Å². The van der Waals surface area contributed by atoms with Crippen LogP contribution in [0.1, 0.15) is 17.2 Å². The summed E-state index contributed by atoms with van der Waals surface area (Å²) < 4.78 is 10.8. The number of nitrogens with one attached hydrogen (secondary N) is 1. The lowest BCUT2D eigenvalue weighted by molar-refractivity contribution is 0.296. The minimum atomic E-state index is 0.161. The van der Waals surface area contributed by atoms with E-state index in [4.69, 9.17) is 9.47 Å². The molecule has 2 aromatic rings. The molecule has 0 spiro atoms. The molecule has 0 saturated carbocycles. The van der Waals surface area contributed by atoms with Crippen molar-refractivity contribution in [2.24, 2.45) is 4.99 Å². The van der Waals surface area contributed by atoms with Gasteiger partial charge in [-0.25, -0.2) is 0 Å². The molecule has 1 N–H and O–H groups in total. The van der Waals surface area contributed by atoms with Crippen LogP contribution in [0.5, 0.6) is 11.5 Å². The Morgan fingerprint density at radius 2 is 1.89 bits per heavy atom. The van der Waals surface area contributed by atoms with E-state index in [9.17, 15) is 0 Å². The van der Waals surface area contributed by atoms with Crippen molar-refractivity contribution in [3.8, 4) is 11.5 Å². The molecule has 0 bridgehead atoms. The largest absolute Gasteiger partial charge is 0.493 e. The Hall–Kier alpha value is -2.73. The second-order valence-corrected chi connectivity index (χ2v) is 7.05. The average Bonchev–Trinajstić information content (AvgIpc) is 3.14. The normalized spacial score (nSPS) is 14.8. The van der Waals surface area contributed by atoms with Crippen LogP contribution in [0.4, 0.5) is 5.69 Å². The summed E-state index contributed by atoms with van der Waals surface area (Å²) in [7, 11) is 9.32. The van der Waals surface area contributed by atoms with Gasteiger partial charge in [0.15, 0.2) is 17.5 Å². The molecule has 0 saturated heterocycles. The number of benzene rings is 2. The number of anilines is 1. The van der Waals surface area contributed by atoms with Gasteiger partial charge in [0.1, 0.15) is 0 Å². The summed E-state index contributed by atoms with van der Waals surface area (Å²) in [6, 6.07) is 14.8. The number of fused-ring (bicyclic) bond motifs is 1. The van der Waals surface area contributed by atoms with E-state index in [1.165, 1.54) is 11.3 Å². The molecule has 150 valence electrons. The number of nitrogens with zero attached hydrogens (tertiary/aromatic N) is 3. The van der Waals surface area contributed by atoms with Crippen LogP contribution in [0.2, 0.25) is 0 Å². The molecule has 2 aromatic carbocycles. The third-order valence-electron chi connectivity index (χ3n) is 5.22. The van der Waals surface area contributed by atoms with Crippen LogP contribution in [0, 0.1) is 0 Å². The fourth-order valence-corrected chi connectivity index (χ4v) is 3.70. The predicted molar refractivity (Wildman–Crippen MR) is 115 cm³/mol. The van der Waals surface area contributed by atoms with Crippen molar-refractivity contribution in [3.05, 3.63) is 53.6 Å². The van der Waals surface area contributed by atoms with Gasteiger partial charge in [-0.1, -0.05) is 24.3 Å². The topological polar surface area (TPSA) is 49.3 Å². The molecule has 3 rings (SSSR count). The Labute approximate surface area is 167 Å². The molecule has 1 atom stereocenters. The SMILES string of the molecule is CN=C(NCC(c1ccc(OC)c(OC)c1)N(C)C)N1CCc2ccccc21. The zero-order valence-electron chi connectivity index (χ0n) is 17.4. The fourth-order valence-electron chi connectivity index (χ4n) is 3.70. The van der Waals surface area contributed by atoms with Crippen LogP contribution >= 0.6 is 0 Å². The van der Waals surface area contributed by atoms with Gasteiger partial charge in [0.2, 0.25) is 0 Å². The Bertz CT molecular complexity index is 835. The number of aliphatic imine (C=N–C) groups is 1. The first-order valence-corrected chi connectivity index (χ1v) is 9.53. The van der Waals surface area contributed by atoms with E-state index >= 15 is 0 Å². The minimum absolute atomic E-state index is 0.161. The highest BCUT2D eigenvalue weighted by Gasteiger charge is 2.24. The van der Waals surface area contributed by atoms with Crippen molar-refractivity contribution in [1.29, 1.82) is 0 Å². The van der Waals surface area contributed by atoms with Gasteiger partial charge in [-0.3, -0.25) is 4.99 Å². The molecular weight excluding hydrogens is 352 g/mol. The van der Waals surface area contributed by atoms with Crippen molar-refractivity contribution in [1.82, 2.24) is 10.2 Å². The lowest BCUT2D eigenvalue weighted by atomic mass is 10.1. The molecule has 0 fully saturated rings. The van der Waals surface area contributed by atoms with Crippen molar-refractivity contribution in [3.63, 3.8) is 0 Å². The third-order valence-corrected chi connectivity index (χ3v) is 5.22. The number of rotatable bonds is 6. The molecule has 1 heterocycles. The summed E-state index contributed by atoms with van der Waals surface area (Å²) in [5, 5.41) is 3.56. The number of para-hydroxylation sites is 1. The molecule has 1 aliphatic heterocycles. The number of ether oxygens (including phenoxy) is 2. The van der Waals surface area contributed by atoms with Crippen LogP contribution in [0.25, 0.3) is 0 Å². The maximum Gasteiger partial charge on any atom is 0.198 e. The lowest BCUT2D eigenvalue weighted by Gasteiger charge is -2.29. The van der Waals surface area contributed by atoms with Crippen LogP contribution in [-0.4, -0.2) is 59.3 Å². The molecule has 1 aliphatic rings. The number of hydrogen-bond acceptors (Lipinski definition) is 4. The number of hydrogen-bond donors (Lipinski definition) is 1. The molecule has 6 heteroatoms. The van der Waals surface area contributed by atoms with Gasteiger partial charge < -0.3 is 24.6 Å². The van der Waals surface area contributed by atoms with Crippen LogP contribution in [-0.2, 0) is 6.42 Å². The standard InChI is InChI=1S/C22H30N4O2/c1-23-22(26-13-12-16-8-6-7-9-18(16)26)24-15-19(25(2)3)17-10-11-20(27-4)21(14-17)28-5/h6-11,14,19H,12-13,15H2,1-5H3,(H,23,24). The second-order valence-electron chi connectivity index (χ2n) is 7.05. The Kier molecular flexibility index (Phi) is 6.41. The quantitative estimate of drug-likeness (QED) is 0.615. The van der Waals surface area contributed by atoms with E-state index in [0.29, 0.717) is 0 Å². The van der Waals surface area contributed by atoms with E-state index in [1.807, 2.05) is 19.2 Å². The molecule has 0 amide bonds. The third kappa shape index (κ3) is 4.07. The lowest BCUT2D eigenvalue weighted by Crippen LogP contribution is -2.44. The van der Waals surface area contributed by atoms with Gasteiger partial charge in [-0.15, -0.1) is 0 Å². The second kappa shape index (κ2) is 8.97. The molecule has 0 radical (unpaired) electrons. The van der Waals surface area contributed by atoms with Gasteiger partial charge >= 0.3 is 0 Å². The van der Waals surface area contributed by atoms with Gasteiger partial charge in [0.05, 0.1) is 20.3 Å². The smallest absolute Gasteiger partial charge is 0.198 e. The van der Waals surface area contributed by atoms with Crippen molar-refractivity contribution in [2.45, 2.75) is 12.5 Å². The van der Waals surface area contributed by atoms with Gasteiger partial charge in [-0.05, 0) is 49.8 Å². The first kappa shape index (κ1) is 20.0. The maximum atomic E-state index is 5.48. The summed E-state index contributed by atoms with van der Waals surface area (Å²) in [4.78, 5) is 8.98. The summed E-state index contributed by atoms with van der Waals surface area (Å²) in [6.45, 7) is 1.68. The molecule has 1 unspecified atom stereocenters. The predicted octanol–water partition coefficient (Wildman–Crippen LogP) is 2.94. The van der Waals surface area contributed by atoms with Crippen LogP contribution in [0.3, 0.4) is 0 Å². The zero-order chi connectivity index (χ0) is 20.1. The van der Waals surface area contributed by atoms with E-state index in [0.717, 1.165) is 42.5 Å². The number of guanidine groups is 1. The van der Waals surface area contributed by atoms with Crippen LogP contribution in [0.15, 0.2) is 47.5 Å². The monoisotopic (exact) mass is 382 g/mol. The molecule has 28 heavy (non-hydrogen) atoms. The minimum Gasteiger partial charge on any atom is -0.493 e. The van der Waals surface area contributed by atoms with E-state index in [-0.39, 0.29) is 6.04 Å². The highest BCUT2D eigenvalue weighted by Crippen LogP contribution is 2.31. The zero-order valence-corrected chi connectivity index (χ0v) is 17.4. The highest BCUT2D eigenvalue weighted by atomic mass is 16.5. The van der Waals surface area contributed by atoms with Crippen molar-refractivity contribution in [2.75, 3.05) is 53.4 Å². The first-order valence-electron chi connectivity index (χ1n) is 9.53. The van der Waals surface area contributed by atoms with E-state index in [1.54, 1.807) is 14.2 Å². The highest BCUT2D eigenvalue weighted by molar-refractivity contribution is 5.97. The number of likely N-dealkylation sites (N-methyl/N-ethyl adjacent to an activating group) is 1. The first-order chi connectivity index (χ1) is 13.6. The molecular formula is C22H30N4O2. The molecule has 0 aromatic heterocycles. The average molecular weight is 383 g/mol. The van der Waals surface area contributed by atoms with Crippen molar-refractivity contribution < 1.29 is 9.47 Å².